The number of imidazole rings is 1. The van der Waals surface area contributed by atoms with Crippen molar-refractivity contribution in [1.29, 1.82) is 0 Å². The summed E-state index contributed by atoms with van der Waals surface area (Å²) in [7, 11) is -3.60. The van der Waals surface area contributed by atoms with Crippen molar-refractivity contribution in [3.05, 3.63) is 40.9 Å². The van der Waals surface area contributed by atoms with Crippen LogP contribution < -0.4 is 10.5 Å². The van der Waals surface area contributed by atoms with Crippen LogP contribution in [0.3, 0.4) is 0 Å². The van der Waals surface area contributed by atoms with Gasteiger partial charge in [0.15, 0.2) is 0 Å². The van der Waals surface area contributed by atoms with E-state index < -0.39 is 10.0 Å². The molecule has 0 aliphatic rings. The van der Waals surface area contributed by atoms with E-state index in [9.17, 15) is 8.42 Å². The van der Waals surface area contributed by atoms with Crippen molar-refractivity contribution in [3.63, 3.8) is 0 Å². The molecule has 0 aliphatic heterocycles. The summed E-state index contributed by atoms with van der Waals surface area (Å²) < 4.78 is 27.3. The molecule has 0 fully saturated rings. The van der Waals surface area contributed by atoms with Crippen LogP contribution in [0.5, 0.6) is 0 Å². The zero-order valence-corrected chi connectivity index (χ0v) is 12.3. The van der Waals surface area contributed by atoms with Crippen LogP contribution in [0.15, 0.2) is 40.0 Å². The zero-order chi connectivity index (χ0) is 13.9. The van der Waals surface area contributed by atoms with Gasteiger partial charge in [0.2, 0.25) is 10.0 Å². The third-order valence-corrected chi connectivity index (χ3v) is 4.50. The summed E-state index contributed by atoms with van der Waals surface area (Å²) in [6.45, 7) is 0.255. The minimum Gasteiger partial charge on any atom is -0.398 e. The van der Waals surface area contributed by atoms with Gasteiger partial charge in [0, 0.05) is 29.8 Å². The first-order valence-corrected chi connectivity index (χ1v) is 7.79. The van der Waals surface area contributed by atoms with Crippen LogP contribution in [-0.4, -0.2) is 24.9 Å². The molecular weight excluding hydrogens is 332 g/mol. The molecule has 0 unspecified atom stereocenters. The Hall–Kier alpha value is -1.38. The summed E-state index contributed by atoms with van der Waals surface area (Å²) in [6, 6.07) is 4.66. The van der Waals surface area contributed by atoms with Crippen molar-refractivity contribution < 1.29 is 8.42 Å². The second-order valence-corrected chi connectivity index (χ2v) is 6.52. The number of aromatic nitrogens is 2. The highest BCUT2D eigenvalue weighted by Crippen LogP contribution is 2.22. The topological polar surface area (TPSA) is 101 Å². The van der Waals surface area contributed by atoms with Crippen molar-refractivity contribution in [2.45, 2.75) is 11.3 Å². The predicted molar refractivity (Wildman–Crippen MR) is 76.0 cm³/mol. The largest absolute Gasteiger partial charge is 0.398 e. The lowest BCUT2D eigenvalue weighted by Gasteiger charge is -2.08. The highest BCUT2D eigenvalue weighted by molar-refractivity contribution is 9.10. The molecule has 0 amide bonds. The molecule has 102 valence electrons. The fourth-order valence-electron chi connectivity index (χ4n) is 1.58. The van der Waals surface area contributed by atoms with Gasteiger partial charge >= 0.3 is 0 Å². The smallest absolute Gasteiger partial charge is 0.242 e. The molecule has 0 bridgehead atoms. The fourth-order valence-corrected chi connectivity index (χ4v) is 3.10. The average Bonchev–Trinajstić information content (AvgIpc) is 2.81. The van der Waals surface area contributed by atoms with E-state index in [1.54, 1.807) is 24.5 Å². The van der Waals surface area contributed by atoms with Crippen molar-refractivity contribution in [1.82, 2.24) is 14.7 Å². The Balaban J connectivity index is 2.05. The normalized spacial score (nSPS) is 11.6. The van der Waals surface area contributed by atoms with Gasteiger partial charge < -0.3 is 10.7 Å². The molecule has 0 spiro atoms. The molecule has 2 rings (SSSR count). The van der Waals surface area contributed by atoms with Crippen molar-refractivity contribution >= 4 is 31.6 Å². The Bertz CT molecular complexity index is 655. The number of nitrogen functional groups attached to an aromatic ring is 1. The number of anilines is 1. The number of rotatable bonds is 5. The van der Waals surface area contributed by atoms with Gasteiger partial charge in [-0.05, 0) is 18.2 Å². The fraction of sp³-hybridized carbons (Fsp3) is 0.182. The van der Waals surface area contributed by atoms with Gasteiger partial charge in [-0.15, -0.1) is 0 Å². The molecule has 0 radical (unpaired) electrons. The minimum absolute atomic E-state index is 0.0788. The number of aromatic amines is 1. The van der Waals surface area contributed by atoms with Crippen LogP contribution in [-0.2, 0) is 16.4 Å². The van der Waals surface area contributed by atoms with Crippen LogP contribution in [0.25, 0.3) is 0 Å². The number of nitrogens with one attached hydrogen (secondary N) is 2. The maximum Gasteiger partial charge on any atom is 0.242 e. The first-order chi connectivity index (χ1) is 8.99. The second kappa shape index (κ2) is 5.72. The molecule has 4 N–H and O–H groups in total. The number of H-pyrrole nitrogens is 1. The van der Waals surface area contributed by atoms with E-state index in [-0.39, 0.29) is 17.1 Å². The van der Waals surface area contributed by atoms with Gasteiger partial charge in [-0.25, -0.2) is 18.1 Å². The van der Waals surface area contributed by atoms with Crippen molar-refractivity contribution in [2.75, 3.05) is 12.3 Å². The van der Waals surface area contributed by atoms with E-state index in [1.807, 2.05) is 0 Å². The maximum absolute atomic E-state index is 12.1. The third kappa shape index (κ3) is 3.55. The van der Waals surface area contributed by atoms with Crippen molar-refractivity contribution in [3.8, 4) is 0 Å². The molecular formula is C11H13BrN4O2S. The highest BCUT2D eigenvalue weighted by Gasteiger charge is 2.16. The van der Waals surface area contributed by atoms with E-state index in [0.29, 0.717) is 6.42 Å². The molecule has 1 heterocycles. The average molecular weight is 345 g/mol. The molecule has 0 aliphatic carbocycles. The molecule has 8 heteroatoms. The summed E-state index contributed by atoms with van der Waals surface area (Å²) in [5.74, 6) is 0.728. The second-order valence-electron chi connectivity index (χ2n) is 3.87. The number of halogens is 1. The maximum atomic E-state index is 12.1. The molecule has 2 aromatic rings. The Morgan fingerprint density at radius 1 is 1.42 bits per heavy atom. The molecule has 0 saturated heterocycles. The van der Waals surface area contributed by atoms with E-state index in [1.165, 1.54) is 6.07 Å². The summed E-state index contributed by atoms with van der Waals surface area (Å²) in [4.78, 5) is 7.00. The lowest BCUT2D eigenvalue weighted by Crippen LogP contribution is -2.27. The van der Waals surface area contributed by atoms with E-state index in [4.69, 9.17) is 5.73 Å². The van der Waals surface area contributed by atoms with E-state index in [2.05, 4.69) is 30.6 Å². The Morgan fingerprint density at radius 2 is 2.21 bits per heavy atom. The van der Waals surface area contributed by atoms with Gasteiger partial charge in [0.1, 0.15) is 10.7 Å². The van der Waals surface area contributed by atoms with Crippen LogP contribution in [0.2, 0.25) is 0 Å². The summed E-state index contributed by atoms with van der Waals surface area (Å²) in [6.07, 6.45) is 3.80. The van der Waals surface area contributed by atoms with E-state index in [0.717, 1.165) is 10.3 Å². The predicted octanol–water partition coefficient (Wildman–Crippen LogP) is 1.28. The lowest BCUT2D eigenvalue weighted by molar-refractivity contribution is 0.581. The van der Waals surface area contributed by atoms with Gasteiger partial charge in [-0.3, -0.25) is 0 Å². The summed E-state index contributed by atoms with van der Waals surface area (Å²) >= 11 is 3.23. The minimum atomic E-state index is -3.60. The number of nitrogens with zero attached hydrogens (tertiary/aromatic N) is 1. The van der Waals surface area contributed by atoms with Crippen molar-refractivity contribution in [2.24, 2.45) is 0 Å². The van der Waals surface area contributed by atoms with Crippen LogP contribution in [0.4, 0.5) is 5.69 Å². The Labute approximate surface area is 119 Å². The van der Waals surface area contributed by atoms with Gasteiger partial charge in [-0.1, -0.05) is 15.9 Å². The number of hydrogen-bond acceptors (Lipinski definition) is 4. The third-order valence-electron chi connectivity index (χ3n) is 2.47. The Kier molecular flexibility index (Phi) is 4.23. The summed E-state index contributed by atoms with van der Waals surface area (Å²) in [5, 5.41) is 0. The molecule has 1 aromatic heterocycles. The van der Waals surface area contributed by atoms with Gasteiger partial charge in [0.05, 0.1) is 5.69 Å². The standard InChI is InChI=1S/C11H13BrN4O2S/c12-8-1-2-10(9(13)7-8)19(17,18)16-4-3-11-14-5-6-15-11/h1-2,5-7,16H,3-4,13H2,(H,14,15). The number of sulfonamides is 1. The quantitative estimate of drug-likeness (QED) is 0.711. The first-order valence-electron chi connectivity index (χ1n) is 5.52. The molecule has 0 atom stereocenters. The molecule has 19 heavy (non-hydrogen) atoms. The number of benzene rings is 1. The van der Waals surface area contributed by atoms with Gasteiger partial charge in [0.25, 0.3) is 0 Å². The zero-order valence-electron chi connectivity index (χ0n) is 9.93. The van der Waals surface area contributed by atoms with E-state index >= 15 is 0 Å². The SMILES string of the molecule is Nc1cc(Br)ccc1S(=O)(=O)NCCc1ncc[nH]1. The molecule has 1 aromatic carbocycles. The molecule has 0 saturated carbocycles. The summed E-state index contributed by atoms with van der Waals surface area (Å²) in [5.41, 5.74) is 5.91. The van der Waals surface area contributed by atoms with Crippen LogP contribution in [0.1, 0.15) is 5.82 Å². The van der Waals surface area contributed by atoms with Gasteiger partial charge in [-0.2, -0.15) is 0 Å². The van der Waals surface area contributed by atoms with Crippen LogP contribution in [0, 0.1) is 0 Å². The first kappa shape index (κ1) is 14.0. The van der Waals surface area contributed by atoms with Crippen LogP contribution >= 0.6 is 15.9 Å². The highest BCUT2D eigenvalue weighted by atomic mass is 79.9. The Morgan fingerprint density at radius 3 is 2.84 bits per heavy atom. The number of hydrogen-bond donors (Lipinski definition) is 3. The monoisotopic (exact) mass is 344 g/mol. The lowest BCUT2D eigenvalue weighted by atomic mass is 10.3. The molecule has 6 nitrogen and oxygen atoms in total. The number of nitrogens with two attached hydrogens (primary N) is 1.